The first-order chi connectivity index (χ1) is 20.9. The van der Waals surface area contributed by atoms with Gasteiger partial charge in [-0.1, -0.05) is 31.7 Å². The summed E-state index contributed by atoms with van der Waals surface area (Å²) in [6, 6.07) is 22.1. The maximum Gasteiger partial charge on any atom is 0.129 e. The summed E-state index contributed by atoms with van der Waals surface area (Å²) in [7, 11) is 0. The molecule has 2 unspecified atom stereocenters. The highest BCUT2D eigenvalue weighted by molar-refractivity contribution is 5.85. The normalized spacial score (nSPS) is 21.3. The second kappa shape index (κ2) is 12.8. The lowest BCUT2D eigenvalue weighted by molar-refractivity contribution is 0.286. The first-order valence-electron chi connectivity index (χ1n) is 15.8. The van der Waals surface area contributed by atoms with Gasteiger partial charge in [0.1, 0.15) is 23.8 Å². The predicted octanol–water partition coefficient (Wildman–Crippen LogP) is 8.14. The highest BCUT2D eigenvalue weighted by Gasteiger charge is 2.28. The van der Waals surface area contributed by atoms with Crippen LogP contribution in [0.15, 0.2) is 84.2 Å². The summed E-state index contributed by atoms with van der Waals surface area (Å²) in [6.07, 6.45) is 8.13. The fourth-order valence-corrected chi connectivity index (χ4v) is 6.85. The van der Waals surface area contributed by atoms with E-state index < -0.39 is 11.6 Å². The van der Waals surface area contributed by atoms with Crippen molar-refractivity contribution in [3.05, 3.63) is 102 Å². The van der Waals surface area contributed by atoms with Crippen LogP contribution in [0.4, 0.5) is 25.8 Å². The van der Waals surface area contributed by atoms with Gasteiger partial charge in [-0.05, 0) is 111 Å². The monoisotopic (exact) mass is 583 g/mol. The van der Waals surface area contributed by atoms with Crippen molar-refractivity contribution in [1.82, 2.24) is 5.01 Å². The quantitative estimate of drug-likeness (QED) is 0.254. The molecule has 2 fully saturated rings. The number of halogens is 2. The Morgan fingerprint density at radius 2 is 1.49 bits per heavy atom. The lowest BCUT2D eigenvalue weighted by Crippen LogP contribution is -2.46. The standard InChI is InChI=1S/C36H43F2N5/c1-4-26(2)43-27(3)42(25-39-43)34-16-14-33(15-17-34)41-21-19-40(20-22-41)32-12-8-28(9-13-32)5-6-29-7-10-30(23-29)35-18-11-31(37)24-36(35)38/h8-9,11-18,24-26,29-30H,3-7,10,19-23H2,1-2H3/t26?,29-,30?/m1/s1. The molecule has 3 atom stereocenters. The van der Waals surface area contributed by atoms with E-state index in [1.807, 2.05) is 11.3 Å². The largest absolute Gasteiger partial charge is 0.368 e. The second-order valence-electron chi connectivity index (χ2n) is 12.4. The van der Waals surface area contributed by atoms with Crippen LogP contribution in [0.2, 0.25) is 0 Å². The van der Waals surface area contributed by atoms with E-state index in [0.29, 0.717) is 17.5 Å². The van der Waals surface area contributed by atoms with Crippen LogP contribution in [0, 0.1) is 17.6 Å². The maximum absolute atomic E-state index is 14.2. The maximum atomic E-state index is 14.2. The zero-order valence-corrected chi connectivity index (χ0v) is 25.4. The molecule has 0 spiro atoms. The molecule has 2 aliphatic heterocycles. The van der Waals surface area contributed by atoms with Gasteiger partial charge in [0.25, 0.3) is 0 Å². The van der Waals surface area contributed by atoms with Crippen molar-refractivity contribution in [3.8, 4) is 0 Å². The molecule has 3 aliphatic rings. The van der Waals surface area contributed by atoms with Gasteiger partial charge in [-0.15, -0.1) is 0 Å². The van der Waals surface area contributed by atoms with Crippen LogP contribution in [0.1, 0.15) is 63.0 Å². The van der Waals surface area contributed by atoms with E-state index in [0.717, 1.165) is 82.3 Å². The molecule has 1 saturated heterocycles. The van der Waals surface area contributed by atoms with Gasteiger partial charge in [0.15, 0.2) is 0 Å². The van der Waals surface area contributed by atoms with Crippen LogP contribution in [-0.4, -0.2) is 43.6 Å². The zero-order valence-electron chi connectivity index (χ0n) is 25.4. The van der Waals surface area contributed by atoms with Gasteiger partial charge in [0.2, 0.25) is 0 Å². The summed E-state index contributed by atoms with van der Waals surface area (Å²) in [6.45, 7) is 12.5. The van der Waals surface area contributed by atoms with E-state index in [1.165, 1.54) is 23.0 Å². The average Bonchev–Trinajstić information content (AvgIpc) is 3.67. The molecular formula is C36H43F2N5. The molecule has 6 rings (SSSR count). The minimum atomic E-state index is -0.499. The number of anilines is 3. The summed E-state index contributed by atoms with van der Waals surface area (Å²) >= 11 is 0. The minimum absolute atomic E-state index is 0.213. The first-order valence-corrected chi connectivity index (χ1v) is 15.8. The zero-order chi connectivity index (χ0) is 29.9. The molecule has 5 nitrogen and oxygen atoms in total. The molecule has 3 aromatic rings. The molecule has 226 valence electrons. The third-order valence-corrected chi connectivity index (χ3v) is 9.70. The summed E-state index contributed by atoms with van der Waals surface area (Å²) in [4.78, 5) is 6.98. The molecular weight excluding hydrogens is 540 g/mol. The van der Waals surface area contributed by atoms with E-state index in [-0.39, 0.29) is 5.92 Å². The Morgan fingerprint density at radius 3 is 2.12 bits per heavy atom. The molecule has 0 N–H and O–H groups in total. The van der Waals surface area contributed by atoms with E-state index in [2.05, 4.69) is 88.8 Å². The number of hydrogen-bond donors (Lipinski definition) is 0. The topological polar surface area (TPSA) is 25.3 Å². The van der Waals surface area contributed by atoms with Gasteiger partial charge < -0.3 is 9.80 Å². The first kappa shape index (κ1) is 29.2. The third kappa shape index (κ3) is 6.41. The van der Waals surface area contributed by atoms with Gasteiger partial charge in [-0.2, -0.15) is 5.10 Å². The van der Waals surface area contributed by atoms with Crippen LogP contribution in [0.3, 0.4) is 0 Å². The summed E-state index contributed by atoms with van der Waals surface area (Å²) in [5.41, 5.74) is 5.65. The molecule has 3 aromatic carbocycles. The van der Waals surface area contributed by atoms with Crippen LogP contribution in [0.25, 0.3) is 0 Å². The smallest absolute Gasteiger partial charge is 0.129 e. The number of rotatable bonds is 9. The number of aryl methyl sites for hydroxylation is 1. The molecule has 1 aliphatic carbocycles. The van der Waals surface area contributed by atoms with E-state index >= 15 is 0 Å². The van der Waals surface area contributed by atoms with Crippen molar-refractivity contribution in [1.29, 1.82) is 0 Å². The van der Waals surface area contributed by atoms with Crippen molar-refractivity contribution in [2.75, 3.05) is 40.9 Å². The van der Waals surface area contributed by atoms with Crippen LogP contribution < -0.4 is 14.7 Å². The van der Waals surface area contributed by atoms with E-state index in [4.69, 9.17) is 0 Å². The summed E-state index contributed by atoms with van der Waals surface area (Å²) in [5, 5.41) is 6.53. The molecule has 7 heteroatoms. The molecule has 0 radical (unpaired) electrons. The highest BCUT2D eigenvalue weighted by atomic mass is 19.1. The van der Waals surface area contributed by atoms with Crippen LogP contribution >= 0.6 is 0 Å². The van der Waals surface area contributed by atoms with Gasteiger partial charge in [-0.3, -0.25) is 4.90 Å². The van der Waals surface area contributed by atoms with Gasteiger partial charge in [-0.25, -0.2) is 13.8 Å². The Balaban J connectivity index is 0.962. The van der Waals surface area contributed by atoms with Crippen molar-refractivity contribution < 1.29 is 8.78 Å². The van der Waals surface area contributed by atoms with Gasteiger partial charge in [0.05, 0.1) is 6.04 Å². The Hall–Kier alpha value is -3.87. The molecule has 0 aromatic heterocycles. The molecule has 2 heterocycles. The Morgan fingerprint density at radius 1 is 0.860 bits per heavy atom. The number of nitrogens with zero attached hydrogens (tertiary/aromatic N) is 5. The average molecular weight is 584 g/mol. The number of hydrazone groups is 1. The predicted molar refractivity (Wildman–Crippen MR) is 174 cm³/mol. The van der Waals surface area contributed by atoms with Crippen LogP contribution in [0.5, 0.6) is 0 Å². The fraction of sp³-hybridized carbons (Fsp3) is 0.417. The fourth-order valence-electron chi connectivity index (χ4n) is 6.85. The van der Waals surface area contributed by atoms with Crippen molar-refractivity contribution in [2.45, 2.75) is 64.3 Å². The summed E-state index contributed by atoms with van der Waals surface area (Å²) < 4.78 is 27.5. The Bertz CT molecular complexity index is 1430. The number of piperazine rings is 1. The molecule has 43 heavy (non-hydrogen) atoms. The van der Waals surface area contributed by atoms with E-state index in [9.17, 15) is 8.78 Å². The highest BCUT2D eigenvalue weighted by Crippen LogP contribution is 2.41. The Kier molecular flexibility index (Phi) is 8.68. The van der Waals surface area contributed by atoms with Gasteiger partial charge in [0, 0.05) is 49.3 Å². The molecule has 1 saturated carbocycles. The van der Waals surface area contributed by atoms with Crippen molar-refractivity contribution in [2.24, 2.45) is 11.0 Å². The Labute approximate surface area is 255 Å². The molecule has 0 amide bonds. The second-order valence-corrected chi connectivity index (χ2v) is 12.4. The SMILES string of the molecule is C=C1N(c2ccc(N3CCN(c4ccc(CC[C@@H]5CCC(c6ccc(F)cc6F)C5)cc4)CC3)cc2)C=NN1C(C)CC. The van der Waals surface area contributed by atoms with Crippen molar-refractivity contribution in [3.63, 3.8) is 0 Å². The minimum Gasteiger partial charge on any atom is -0.368 e. The third-order valence-electron chi connectivity index (χ3n) is 9.70. The number of benzene rings is 3. The lowest BCUT2D eigenvalue weighted by atomic mass is 9.93. The van der Waals surface area contributed by atoms with E-state index in [1.54, 1.807) is 6.07 Å². The molecule has 0 bridgehead atoms. The van der Waals surface area contributed by atoms with Gasteiger partial charge >= 0.3 is 0 Å². The summed E-state index contributed by atoms with van der Waals surface area (Å²) in [5.74, 6) is 0.809. The lowest BCUT2D eigenvalue weighted by Gasteiger charge is -2.37. The van der Waals surface area contributed by atoms with Crippen molar-refractivity contribution >= 4 is 23.4 Å². The van der Waals surface area contributed by atoms with Crippen LogP contribution in [-0.2, 0) is 6.42 Å². The number of hydrogen-bond acceptors (Lipinski definition) is 5.